The molecule has 0 radical (unpaired) electrons. The van der Waals surface area contributed by atoms with E-state index in [0.717, 1.165) is 11.8 Å². The third kappa shape index (κ3) is 2.41. The van der Waals surface area contributed by atoms with Gasteiger partial charge in [0.25, 0.3) is 0 Å². The van der Waals surface area contributed by atoms with Gasteiger partial charge in [0.15, 0.2) is 0 Å². The number of nitrogens with one attached hydrogen (secondary N) is 1. The molecule has 0 bridgehead atoms. The summed E-state index contributed by atoms with van der Waals surface area (Å²) in [6, 6.07) is 0. The Morgan fingerprint density at radius 3 is 3.22 bits per heavy atom. The normalized spacial score (nSPS) is 25.2. The van der Waals surface area contributed by atoms with Gasteiger partial charge in [-0.1, -0.05) is 6.08 Å². The van der Waals surface area contributed by atoms with Gasteiger partial charge in [-0.05, 0) is 31.8 Å². The zero-order chi connectivity index (χ0) is 6.53. The van der Waals surface area contributed by atoms with Gasteiger partial charge in [0.2, 0.25) is 0 Å². The molecule has 9 heavy (non-hydrogen) atoms. The zero-order valence-corrected chi connectivity index (χ0v) is 6.58. The van der Waals surface area contributed by atoms with Crippen molar-refractivity contribution >= 4 is 11.8 Å². The van der Waals surface area contributed by atoms with Gasteiger partial charge in [-0.15, -0.1) is 11.8 Å². The molecule has 0 amide bonds. The average molecular weight is 143 g/mol. The van der Waals surface area contributed by atoms with Gasteiger partial charge in [0.1, 0.15) is 0 Å². The van der Waals surface area contributed by atoms with Crippen LogP contribution in [0.15, 0.2) is 11.5 Å². The monoisotopic (exact) mass is 143 g/mol. The summed E-state index contributed by atoms with van der Waals surface area (Å²) in [5.74, 6) is 0. The van der Waals surface area contributed by atoms with Crippen LogP contribution in [-0.4, -0.2) is 18.8 Å². The zero-order valence-electron chi connectivity index (χ0n) is 5.76. The van der Waals surface area contributed by atoms with Crippen LogP contribution in [0.25, 0.3) is 0 Å². The Balaban J connectivity index is 2.01. The minimum atomic E-state index is 0.859. The van der Waals surface area contributed by atoms with E-state index >= 15 is 0 Å². The highest BCUT2D eigenvalue weighted by Crippen LogP contribution is 2.25. The third-order valence-electron chi connectivity index (χ3n) is 1.48. The second-order valence-corrected chi connectivity index (χ2v) is 3.47. The van der Waals surface area contributed by atoms with Gasteiger partial charge in [0, 0.05) is 5.25 Å². The second-order valence-electron chi connectivity index (χ2n) is 2.26. The molecule has 1 aliphatic heterocycles. The number of allylic oxidation sites excluding steroid dienone is 1. The van der Waals surface area contributed by atoms with Crippen molar-refractivity contribution in [3.63, 3.8) is 0 Å². The first-order chi connectivity index (χ1) is 4.43. The maximum Gasteiger partial charge on any atom is 0.0135 e. The Morgan fingerprint density at radius 1 is 1.78 bits per heavy atom. The predicted molar refractivity (Wildman–Crippen MR) is 43.7 cm³/mol. The molecular weight excluding hydrogens is 130 g/mol. The summed E-state index contributed by atoms with van der Waals surface area (Å²) in [5, 5.41) is 6.22. The van der Waals surface area contributed by atoms with Crippen LogP contribution in [0.2, 0.25) is 0 Å². The van der Waals surface area contributed by atoms with Crippen LogP contribution in [0.3, 0.4) is 0 Å². The smallest absolute Gasteiger partial charge is 0.0135 e. The molecule has 1 nitrogen and oxygen atoms in total. The van der Waals surface area contributed by atoms with Crippen molar-refractivity contribution in [2.24, 2.45) is 0 Å². The number of rotatable bonds is 3. The molecule has 0 aromatic rings. The summed E-state index contributed by atoms with van der Waals surface area (Å²) in [6.45, 7) is 1.15. The molecule has 0 aromatic heterocycles. The van der Waals surface area contributed by atoms with E-state index in [9.17, 15) is 0 Å². The van der Waals surface area contributed by atoms with Crippen molar-refractivity contribution in [3.05, 3.63) is 11.5 Å². The molecule has 0 saturated carbocycles. The fourth-order valence-corrected chi connectivity index (χ4v) is 1.84. The minimum absolute atomic E-state index is 0.859. The van der Waals surface area contributed by atoms with Crippen LogP contribution < -0.4 is 5.32 Å². The maximum atomic E-state index is 3.15. The Labute approximate surface area is 60.9 Å². The van der Waals surface area contributed by atoms with Crippen molar-refractivity contribution in [3.8, 4) is 0 Å². The molecule has 1 aliphatic rings. The van der Waals surface area contributed by atoms with Crippen LogP contribution in [0.5, 0.6) is 0 Å². The molecule has 0 aromatic carbocycles. The fourth-order valence-electron chi connectivity index (χ4n) is 0.921. The fraction of sp³-hybridized carbons (Fsp3) is 0.714. The second kappa shape index (κ2) is 3.96. The molecule has 1 heterocycles. The number of thioether (sulfide) groups is 1. The summed E-state index contributed by atoms with van der Waals surface area (Å²) in [7, 11) is 2.01. The summed E-state index contributed by atoms with van der Waals surface area (Å²) in [4.78, 5) is 0. The lowest BCUT2D eigenvalue weighted by atomic mass is 10.2. The van der Waals surface area contributed by atoms with E-state index in [1.165, 1.54) is 12.8 Å². The van der Waals surface area contributed by atoms with Crippen LogP contribution >= 0.6 is 11.8 Å². The van der Waals surface area contributed by atoms with Crippen molar-refractivity contribution < 1.29 is 0 Å². The van der Waals surface area contributed by atoms with E-state index in [0.29, 0.717) is 0 Å². The Kier molecular flexibility index (Phi) is 3.15. The van der Waals surface area contributed by atoms with Crippen molar-refractivity contribution in [2.45, 2.75) is 18.1 Å². The summed E-state index contributed by atoms with van der Waals surface area (Å²) < 4.78 is 0. The van der Waals surface area contributed by atoms with Gasteiger partial charge in [-0.3, -0.25) is 0 Å². The third-order valence-corrected chi connectivity index (χ3v) is 2.65. The highest BCUT2D eigenvalue weighted by molar-refractivity contribution is 8.03. The molecule has 1 unspecified atom stereocenters. The van der Waals surface area contributed by atoms with Gasteiger partial charge in [-0.25, -0.2) is 0 Å². The molecule has 0 saturated heterocycles. The van der Waals surface area contributed by atoms with E-state index in [2.05, 4.69) is 16.8 Å². The van der Waals surface area contributed by atoms with Crippen LogP contribution in [0, 0.1) is 0 Å². The standard InChI is InChI=1S/C7H13NS/c1-8-5-4-7-3-2-6-9-7/h2,6-8H,3-5H2,1H3. The van der Waals surface area contributed by atoms with E-state index in [4.69, 9.17) is 0 Å². The first-order valence-electron chi connectivity index (χ1n) is 3.38. The van der Waals surface area contributed by atoms with E-state index in [1.54, 1.807) is 0 Å². The van der Waals surface area contributed by atoms with Gasteiger partial charge >= 0.3 is 0 Å². The molecule has 1 atom stereocenters. The van der Waals surface area contributed by atoms with Crippen LogP contribution in [0.4, 0.5) is 0 Å². The molecule has 0 aliphatic carbocycles. The summed E-state index contributed by atoms with van der Waals surface area (Å²) >= 11 is 1.96. The quantitative estimate of drug-likeness (QED) is 0.644. The molecule has 2 heteroatoms. The Bertz CT molecular complexity index is 93.1. The molecule has 0 fully saturated rings. The highest BCUT2D eigenvalue weighted by atomic mass is 32.2. The lowest BCUT2D eigenvalue weighted by Crippen LogP contribution is -2.12. The van der Waals surface area contributed by atoms with Gasteiger partial charge in [-0.2, -0.15) is 0 Å². The van der Waals surface area contributed by atoms with Crippen LogP contribution in [0.1, 0.15) is 12.8 Å². The van der Waals surface area contributed by atoms with Crippen molar-refractivity contribution in [1.29, 1.82) is 0 Å². The minimum Gasteiger partial charge on any atom is -0.320 e. The van der Waals surface area contributed by atoms with E-state index < -0.39 is 0 Å². The first-order valence-corrected chi connectivity index (χ1v) is 4.33. The van der Waals surface area contributed by atoms with E-state index in [1.807, 2.05) is 18.8 Å². The van der Waals surface area contributed by atoms with Crippen molar-refractivity contribution in [2.75, 3.05) is 13.6 Å². The maximum absolute atomic E-state index is 3.15. The lowest BCUT2D eigenvalue weighted by molar-refractivity contribution is 0.702. The van der Waals surface area contributed by atoms with Gasteiger partial charge in [0.05, 0.1) is 0 Å². The number of hydrogen-bond donors (Lipinski definition) is 1. The highest BCUT2D eigenvalue weighted by Gasteiger charge is 2.08. The lowest BCUT2D eigenvalue weighted by Gasteiger charge is -2.05. The topological polar surface area (TPSA) is 12.0 Å². The van der Waals surface area contributed by atoms with Gasteiger partial charge < -0.3 is 5.32 Å². The summed E-state index contributed by atoms with van der Waals surface area (Å²) in [5.41, 5.74) is 0. The Morgan fingerprint density at radius 2 is 2.67 bits per heavy atom. The predicted octanol–water partition coefficient (Wildman–Crippen LogP) is 1.62. The van der Waals surface area contributed by atoms with E-state index in [-0.39, 0.29) is 0 Å². The first kappa shape index (κ1) is 7.16. The molecule has 52 valence electrons. The number of hydrogen-bond acceptors (Lipinski definition) is 2. The SMILES string of the molecule is CNCCC1CC=CS1. The summed E-state index contributed by atoms with van der Waals surface area (Å²) in [6.07, 6.45) is 4.82. The van der Waals surface area contributed by atoms with Crippen LogP contribution in [-0.2, 0) is 0 Å². The molecular formula is C7H13NS. The molecule has 1 rings (SSSR count). The largest absolute Gasteiger partial charge is 0.320 e. The average Bonchev–Trinajstić information content (AvgIpc) is 2.34. The molecule has 1 N–H and O–H groups in total. The Hall–Kier alpha value is 0.0500. The van der Waals surface area contributed by atoms with Crippen molar-refractivity contribution in [1.82, 2.24) is 5.32 Å². The molecule has 0 spiro atoms.